The zero-order chi connectivity index (χ0) is 13.3. The van der Waals surface area contributed by atoms with Gasteiger partial charge in [0, 0.05) is 6.54 Å². The van der Waals surface area contributed by atoms with E-state index >= 15 is 0 Å². The van der Waals surface area contributed by atoms with Gasteiger partial charge >= 0.3 is 5.97 Å². The van der Waals surface area contributed by atoms with Crippen molar-refractivity contribution in [2.24, 2.45) is 0 Å². The van der Waals surface area contributed by atoms with Gasteiger partial charge in [0.2, 0.25) is 0 Å². The van der Waals surface area contributed by atoms with Crippen LogP contribution in [0.4, 0.5) is 0 Å². The number of rotatable bonds is 3. The van der Waals surface area contributed by atoms with Gasteiger partial charge in [-0.3, -0.25) is 4.79 Å². The summed E-state index contributed by atoms with van der Waals surface area (Å²) in [6.45, 7) is 0.303. The second-order valence-corrected chi connectivity index (χ2v) is 7.46. The number of hydrogen-bond acceptors (Lipinski definition) is 6. The second-order valence-electron chi connectivity index (χ2n) is 3.73. The molecule has 1 atom stereocenters. The van der Waals surface area contributed by atoms with Gasteiger partial charge in [0.1, 0.15) is 6.04 Å². The van der Waals surface area contributed by atoms with Crippen LogP contribution in [0.1, 0.15) is 12.8 Å². The van der Waals surface area contributed by atoms with E-state index in [2.05, 4.69) is 9.72 Å². The Labute approximate surface area is 114 Å². The first-order valence-electron chi connectivity index (χ1n) is 5.18. The zero-order valence-corrected chi connectivity index (χ0v) is 11.9. The van der Waals surface area contributed by atoms with E-state index in [0.717, 1.165) is 15.6 Å². The second kappa shape index (κ2) is 5.12. The maximum atomic E-state index is 12.3. The molecule has 0 spiro atoms. The number of carbonyl (C=O) groups is 1. The molecular weight excluding hydrogens is 300 g/mol. The first-order chi connectivity index (χ1) is 8.46. The summed E-state index contributed by atoms with van der Waals surface area (Å²) in [7, 11) is -2.47. The van der Waals surface area contributed by atoms with Gasteiger partial charge in [0.05, 0.1) is 13.3 Å². The van der Waals surface area contributed by atoms with E-state index in [9.17, 15) is 13.2 Å². The maximum Gasteiger partial charge on any atom is 0.324 e. The van der Waals surface area contributed by atoms with Crippen LogP contribution >= 0.6 is 22.9 Å². The number of nitrogens with zero attached hydrogens (tertiary/aromatic N) is 2. The van der Waals surface area contributed by atoms with Crippen LogP contribution < -0.4 is 0 Å². The lowest BCUT2D eigenvalue weighted by Crippen LogP contribution is -2.40. The van der Waals surface area contributed by atoms with Crippen molar-refractivity contribution in [3.8, 4) is 0 Å². The van der Waals surface area contributed by atoms with Gasteiger partial charge in [0.25, 0.3) is 10.0 Å². The third kappa shape index (κ3) is 2.37. The molecule has 1 aromatic heterocycles. The van der Waals surface area contributed by atoms with Crippen molar-refractivity contribution in [3.05, 3.63) is 10.7 Å². The van der Waals surface area contributed by atoms with Gasteiger partial charge in [-0.05, 0) is 12.8 Å². The van der Waals surface area contributed by atoms with E-state index in [-0.39, 0.29) is 8.68 Å². The Balaban J connectivity index is 2.32. The molecule has 1 saturated heterocycles. The van der Waals surface area contributed by atoms with Crippen molar-refractivity contribution in [1.82, 2.24) is 9.29 Å². The zero-order valence-electron chi connectivity index (χ0n) is 9.50. The fourth-order valence-corrected chi connectivity index (χ4v) is 4.94. The van der Waals surface area contributed by atoms with Crippen LogP contribution in [0.25, 0.3) is 0 Å². The molecule has 0 aromatic carbocycles. The average molecular weight is 311 g/mol. The van der Waals surface area contributed by atoms with Crippen molar-refractivity contribution in [1.29, 1.82) is 0 Å². The van der Waals surface area contributed by atoms with Crippen molar-refractivity contribution in [2.75, 3.05) is 13.7 Å². The van der Waals surface area contributed by atoms with Crippen LogP contribution in [0, 0.1) is 0 Å². The van der Waals surface area contributed by atoms with Crippen molar-refractivity contribution >= 4 is 38.9 Å². The number of aromatic nitrogens is 1. The Kier molecular flexibility index (Phi) is 3.90. The molecule has 100 valence electrons. The molecule has 0 bridgehead atoms. The molecule has 1 aromatic rings. The molecule has 18 heavy (non-hydrogen) atoms. The quantitative estimate of drug-likeness (QED) is 0.782. The fourth-order valence-electron chi connectivity index (χ4n) is 1.87. The van der Waals surface area contributed by atoms with Crippen LogP contribution in [0.5, 0.6) is 0 Å². The third-order valence-electron chi connectivity index (χ3n) is 2.70. The Morgan fingerprint density at radius 1 is 1.67 bits per heavy atom. The minimum atomic E-state index is -3.72. The molecule has 6 nitrogen and oxygen atoms in total. The number of methoxy groups -OCH3 is 1. The molecule has 0 aliphatic carbocycles. The number of esters is 1. The number of sulfonamides is 1. The predicted octanol–water partition coefficient (Wildman–Crippen LogP) is 1.12. The van der Waals surface area contributed by atoms with Crippen molar-refractivity contribution in [2.45, 2.75) is 23.1 Å². The van der Waals surface area contributed by atoms with E-state index in [1.807, 2.05) is 0 Å². The van der Waals surface area contributed by atoms with E-state index in [1.54, 1.807) is 0 Å². The molecule has 2 heterocycles. The average Bonchev–Trinajstić information content (AvgIpc) is 2.96. The lowest BCUT2D eigenvalue weighted by atomic mass is 10.2. The number of halogens is 1. The molecule has 1 aliphatic heterocycles. The summed E-state index contributed by atoms with van der Waals surface area (Å²) >= 11 is 6.51. The maximum absolute atomic E-state index is 12.3. The van der Waals surface area contributed by atoms with Gasteiger partial charge in [-0.15, -0.1) is 0 Å². The Hall–Kier alpha value is -0.700. The molecule has 0 saturated carbocycles. The van der Waals surface area contributed by atoms with Gasteiger partial charge < -0.3 is 4.74 Å². The van der Waals surface area contributed by atoms with Crippen LogP contribution in [-0.2, 0) is 19.6 Å². The normalized spacial score (nSPS) is 21.1. The minimum Gasteiger partial charge on any atom is -0.468 e. The highest BCUT2D eigenvalue weighted by atomic mass is 35.5. The third-order valence-corrected chi connectivity index (χ3v) is 6.16. The highest BCUT2D eigenvalue weighted by Gasteiger charge is 2.40. The number of ether oxygens (including phenoxy) is 1. The molecule has 1 fully saturated rings. The number of carbonyl (C=O) groups excluding carboxylic acids is 1. The molecule has 0 radical (unpaired) electrons. The first-order valence-corrected chi connectivity index (χ1v) is 7.81. The van der Waals surface area contributed by atoms with Crippen molar-refractivity contribution < 1.29 is 17.9 Å². The molecule has 2 rings (SSSR count). The van der Waals surface area contributed by atoms with E-state index < -0.39 is 22.0 Å². The summed E-state index contributed by atoms with van der Waals surface area (Å²) < 4.78 is 30.6. The Morgan fingerprint density at radius 3 is 2.94 bits per heavy atom. The fraction of sp³-hybridized carbons (Fsp3) is 0.556. The Morgan fingerprint density at radius 2 is 2.39 bits per heavy atom. The first kappa shape index (κ1) is 13.7. The molecule has 9 heteroatoms. The molecule has 1 unspecified atom stereocenters. The molecular formula is C9H11ClN2O4S2. The summed E-state index contributed by atoms with van der Waals surface area (Å²) in [6.07, 6.45) is 2.30. The molecule has 0 N–H and O–H groups in total. The van der Waals surface area contributed by atoms with Gasteiger partial charge in [0.15, 0.2) is 8.68 Å². The number of hydrogen-bond donors (Lipinski definition) is 0. The van der Waals surface area contributed by atoms with Crippen LogP contribution in [0.3, 0.4) is 0 Å². The summed E-state index contributed by atoms with van der Waals surface area (Å²) in [5, 5.41) is 0. The van der Waals surface area contributed by atoms with Crippen molar-refractivity contribution in [3.63, 3.8) is 0 Å². The summed E-state index contributed by atoms with van der Waals surface area (Å²) in [5.41, 5.74) is 0. The van der Waals surface area contributed by atoms with Crippen LogP contribution in [0.2, 0.25) is 4.47 Å². The standard InChI is InChI=1S/C9H11ClN2O4S2/c1-16-8(13)6-3-2-4-12(6)18(14,15)7-5-11-9(10)17-7/h5-6H,2-4H2,1H3. The predicted molar refractivity (Wildman–Crippen MR) is 66.1 cm³/mol. The lowest BCUT2D eigenvalue weighted by molar-refractivity contribution is -0.144. The minimum absolute atomic E-state index is 0.0447. The largest absolute Gasteiger partial charge is 0.468 e. The summed E-state index contributed by atoms with van der Waals surface area (Å²) in [6, 6.07) is -0.749. The highest BCUT2D eigenvalue weighted by Crippen LogP contribution is 2.30. The lowest BCUT2D eigenvalue weighted by Gasteiger charge is -2.20. The van der Waals surface area contributed by atoms with E-state index in [1.165, 1.54) is 13.3 Å². The van der Waals surface area contributed by atoms with Crippen LogP contribution in [0.15, 0.2) is 10.4 Å². The Bertz CT molecular complexity index is 557. The smallest absolute Gasteiger partial charge is 0.324 e. The summed E-state index contributed by atoms with van der Waals surface area (Å²) in [4.78, 5) is 15.2. The molecule has 1 aliphatic rings. The van der Waals surface area contributed by atoms with Gasteiger partial charge in [-0.25, -0.2) is 13.4 Å². The highest BCUT2D eigenvalue weighted by molar-refractivity contribution is 7.91. The SMILES string of the molecule is COC(=O)C1CCCN1S(=O)(=O)c1cnc(Cl)s1. The van der Waals surface area contributed by atoms with Gasteiger partial charge in [-0.2, -0.15) is 4.31 Å². The summed E-state index contributed by atoms with van der Waals surface area (Å²) in [5.74, 6) is -0.535. The van der Waals surface area contributed by atoms with E-state index in [0.29, 0.717) is 19.4 Å². The van der Waals surface area contributed by atoms with E-state index in [4.69, 9.17) is 11.6 Å². The topological polar surface area (TPSA) is 76.6 Å². The van der Waals surface area contributed by atoms with Crippen LogP contribution in [-0.4, -0.2) is 43.4 Å². The monoisotopic (exact) mass is 310 g/mol. The number of thiazole rings is 1. The molecule has 0 amide bonds. The van der Waals surface area contributed by atoms with Gasteiger partial charge in [-0.1, -0.05) is 22.9 Å².